The van der Waals surface area contributed by atoms with Crippen molar-refractivity contribution in [3.8, 4) is 0 Å². The van der Waals surface area contributed by atoms with Crippen LogP contribution in [0.5, 0.6) is 0 Å². The van der Waals surface area contributed by atoms with E-state index in [1.807, 2.05) is 30.3 Å². The lowest BCUT2D eigenvalue weighted by atomic mass is 10.2. The molecule has 32 heavy (non-hydrogen) atoms. The number of ketones is 1. The molecule has 3 aromatic rings. The van der Waals surface area contributed by atoms with E-state index >= 15 is 0 Å². The van der Waals surface area contributed by atoms with Crippen LogP contribution in [0.25, 0.3) is 0 Å². The summed E-state index contributed by atoms with van der Waals surface area (Å²) in [6.07, 6.45) is 2.28. The Morgan fingerprint density at radius 1 is 1.12 bits per heavy atom. The molecule has 3 heterocycles. The minimum absolute atomic E-state index is 0.0126. The van der Waals surface area contributed by atoms with E-state index in [4.69, 9.17) is 5.73 Å². The van der Waals surface area contributed by atoms with Gasteiger partial charge in [0.05, 0.1) is 12.3 Å². The van der Waals surface area contributed by atoms with Crippen LogP contribution in [-0.2, 0) is 13.1 Å². The van der Waals surface area contributed by atoms with Crippen molar-refractivity contribution in [2.45, 2.75) is 37.2 Å². The molecule has 0 saturated carbocycles. The Morgan fingerprint density at radius 2 is 1.84 bits per heavy atom. The van der Waals surface area contributed by atoms with Crippen LogP contribution in [0.2, 0.25) is 0 Å². The van der Waals surface area contributed by atoms with Gasteiger partial charge >= 0.3 is 5.69 Å². The highest BCUT2D eigenvalue weighted by Crippen LogP contribution is 2.30. The Morgan fingerprint density at radius 3 is 2.53 bits per heavy atom. The number of benzene rings is 1. The van der Waals surface area contributed by atoms with E-state index in [2.05, 4.69) is 15.1 Å². The summed E-state index contributed by atoms with van der Waals surface area (Å²) in [6.45, 7) is 3.95. The fourth-order valence-electron chi connectivity index (χ4n) is 3.67. The molecule has 2 aromatic heterocycles. The molecule has 0 atom stereocenters. The van der Waals surface area contributed by atoms with Crippen LogP contribution in [0.1, 0.15) is 35.7 Å². The SMILES string of the molecule is CCn1c(=O)c(C(=O)CSc2nnc(N3CCCC3)s2)c(N)n(Cc2ccccc2)c1=O. The number of nitrogens with two attached hydrogens (primary N) is 1. The van der Waals surface area contributed by atoms with Gasteiger partial charge in [0.15, 0.2) is 10.1 Å². The minimum atomic E-state index is -0.653. The van der Waals surface area contributed by atoms with Gasteiger partial charge in [-0.3, -0.25) is 18.7 Å². The van der Waals surface area contributed by atoms with Crippen LogP contribution in [0.3, 0.4) is 0 Å². The van der Waals surface area contributed by atoms with Crippen molar-refractivity contribution >= 4 is 39.8 Å². The van der Waals surface area contributed by atoms with Crippen molar-refractivity contribution in [3.05, 3.63) is 62.3 Å². The van der Waals surface area contributed by atoms with Gasteiger partial charge in [0.2, 0.25) is 5.13 Å². The van der Waals surface area contributed by atoms with E-state index in [0.717, 1.165) is 41.2 Å². The van der Waals surface area contributed by atoms with Gasteiger partial charge in [0, 0.05) is 19.6 Å². The average Bonchev–Trinajstić information content (AvgIpc) is 3.48. The Bertz CT molecular complexity index is 1230. The molecule has 1 aromatic carbocycles. The number of hydrogen-bond acceptors (Lipinski definition) is 9. The highest BCUT2D eigenvalue weighted by molar-refractivity contribution is 8.01. The molecule has 1 fully saturated rings. The summed E-state index contributed by atoms with van der Waals surface area (Å²) in [6, 6.07) is 9.30. The van der Waals surface area contributed by atoms with Gasteiger partial charge in [-0.15, -0.1) is 10.2 Å². The highest BCUT2D eigenvalue weighted by Gasteiger charge is 2.23. The van der Waals surface area contributed by atoms with E-state index in [1.54, 1.807) is 6.92 Å². The van der Waals surface area contributed by atoms with Gasteiger partial charge < -0.3 is 10.6 Å². The molecule has 1 saturated heterocycles. The molecule has 4 rings (SSSR count). The predicted molar refractivity (Wildman–Crippen MR) is 127 cm³/mol. The van der Waals surface area contributed by atoms with Gasteiger partial charge in [0.25, 0.3) is 5.56 Å². The molecule has 168 valence electrons. The number of carbonyl (C=O) groups excluding carboxylic acids is 1. The summed E-state index contributed by atoms with van der Waals surface area (Å²) in [5.41, 5.74) is 5.71. The van der Waals surface area contributed by atoms with Crippen molar-refractivity contribution in [1.82, 2.24) is 19.3 Å². The largest absolute Gasteiger partial charge is 0.384 e. The number of thioether (sulfide) groups is 1. The first-order valence-electron chi connectivity index (χ1n) is 10.4. The minimum Gasteiger partial charge on any atom is -0.384 e. The van der Waals surface area contributed by atoms with E-state index in [0.29, 0.717) is 4.34 Å². The molecule has 0 amide bonds. The van der Waals surface area contributed by atoms with Crippen LogP contribution in [0, 0.1) is 0 Å². The smallest absolute Gasteiger partial charge is 0.332 e. The number of nitrogens with zero attached hydrogens (tertiary/aromatic N) is 5. The average molecular weight is 473 g/mol. The van der Waals surface area contributed by atoms with Gasteiger partial charge in [0.1, 0.15) is 11.4 Å². The molecule has 9 nitrogen and oxygen atoms in total. The summed E-state index contributed by atoms with van der Waals surface area (Å²) in [5.74, 6) is -0.546. The number of aromatic nitrogens is 4. The lowest BCUT2D eigenvalue weighted by molar-refractivity contribution is 0.102. The van der Waals surface area contributed by atoms with Crippen molar-refractivity contribution in [1.29, 1.82) is 0 Å². The Hall–Kier alpha value is -2.92. The van der Waals surface area contributed by atoms with Crippen LogP contribution in [0.4, 0.5) is 10.9 Å². The number of rotatable bonds is 8. The molecule has 1 aliphatic rings. The Labute approximate surface area is 192 Å². The van der Waals surface area contributed by atoms with Crippen molar-refractivity contribution in [2.24, 2.45) is 0 Å². The Balaban J connectivity index is 1.59. The third-order valence-electron chi connectivity index (χ3n) is 5.35. The van der Waals surface area contributed by atoms with Gasteiger partial charge in [-0.1, -0.05) is 53.4 Å². The quantitative estimate of drug-likeness (QED) is 0.391. The number of Topliss-reactive ketones (excluding diaryl/α,β-unsaturated/α-hetero) is 1. The predicted octanol–water partition coefficient (Wildman–Crippen LogP) is 2.09. The number of nitrogen functional groups attached to an aromatic ring is 1. The third kappa shape index (κ3) is 4.49. The summed E-state index contributed by atoms with van der Waals surface area (Å²) in [5, 5.41) is 9.22. The fraction of sp³-hybridized carbons (Fsp3) is 0.381. The normalized spacial score (nSPS) is 13.6. The van der Waals surface area contributed by atoms with Gasteiger partial charge in [-0.25, -0.2) is 4.79 Å². The van der Waals surface area contributed by atoms with E-state index in [9.17, 15) is 14.4 Å². The van der Waals surface area contributed by atoms with E-state index in [1.165, 1.54) is 27.7 Å². The molecule has 1 aliphatic heterocycles. The maximum atomic E-state index is 13.0. The van der Waals surface area contributed by atoms with E-state index < -0.39 is 17.0 Å². The van der Waals surface area contributed by atoms with Crippen LogP contribution in [-0.4, -0.2) is 44.0 Å². The van der Waals surface area contributed by atoms with Gasteiger partial charge in [-0.2, -0.15) is 0 Å². The second kappa shape index (κ2) is 9.70. The third-order valence-corrected chi connectivity index (χ3v) is 7.46. The highest BCUT2D eigenvalue weighted by atomic mass is 32.2. The molecule has 0 unspecified atom stereocenters. The first kappa shape index (κ1) is 22.3. The first-order chi connectivity index (χ1) is 15.5. The first-order valence-corrected chi connectivity index (χ1v) is 12.2. The molecule has 0 aliphatic carbocycles. The zero-order valence-corrected chi connectivity index (χ0v) is 19.3. The van der Waals surface area contributed by atoms with Crippen LogP contribution < -0.4 is 21.9 Å². The molecule has 0 radical (unpaired) electrons. The lowest BCUT2D eigenvalue weighted by Crippen LogP contribution is -2.44. The zero-order valence-electron chi connectivity index (χ0n) is 17.7. The molecule has 11 heteroatoms. The second-order valence-electron chi connectivity index (χ2n) is 7.42. The number of anilines is 2. The van der Waals surface area contributed by atoms with Crippen LogP contribution >= 0.6 is 23.1 Å². The fourth-order valence-corrected chi connectivity index (χ4v) is 5.44. The monoisotopic (exact) mass is 472 g/mol. The van der Waals surface area contributed by atoms with E-state index in [-0.39, 0.29) is 30.2 Å². The molecule has 2 N–H and O–H groups in total. The second-order valence-corrected chi connectivity index (χ2v) is 9.60. The topological polar surface area (TPSA) is 116 Å². The Kier molecular flexibility index (Phi) is 6.75. The maximum Gasteiger partial charge on any atom is 0.332 e. The van der Waals surface area contributed by atoms with Gasteiger partial charge in [-0.05, 0) is 25.3 Å². The molecular formula is C21H24N6O3S2. The number of hydrogen-bond donors (Lipinski definition) is 1. The molecule has 0 bridgehead atoms. The van der Waals surface area contributed by atoms with Crippen molar-refractivity contribution in [3.63, 3.8) is 0 Å². The standard InChI is InChI=1S/C21H24N6O3S2/c1-2-26-18(29)16(17(22)27(21(26)30)12-14-8-4-3-5-9-14)15(28)13-31-20-24-23-19(32-20)25-10-6-7-11-25/h3-5,8-9H,2,6-7,10-13,22H2,1H3. The summed E-state index contributed by atoms with van der Waals surface area (Å²) in [4.78, 5) is 40.9. The lowest BCUT2D eigenvalue weighted by Gasteiger charge is -2.15. The maximum absolute atomic E-state index is 13.0. The van der Waals surface area contributed by atoms with Crippen LogP contribution in [0.15, 0.2) is 44.3 Å². The van der Waals surface area contributed by atoms with Crippen molar-refractivity contribution < 1.29 is 4.79 Å². The summed E-state index contributed by atoms with van der Waals surface area (Å²) >= 11 is 2.66. The number of carbonyl (C=O) groups is 1. The molecular weight excluding hydrogens is 448 g/mol. The summed E-state index contributed by atoms with van der Waals surface area (Å²) in [7, 11) is 0. The van der Waals surface area contributed by atoms with Crippen molar-refractivity contribution in [2.75, 3.05) is 29.5 Å². The summed E-state index contributed by atoms with van der Waals surface area (Å²) < 4.78 is 2.99. The zero-order chi connectivity index (χ0) is 22.7. The molecule has 0 spiro atoms.